The van der Waals surface area contributed by atoms with Gasteiger partial charge >= 0.3 is 5.69 Å². The third-order valence-corrected chi connectivity index (χ3v) is 2.88. The molecule has 2 N–H and O–H groups in total. The van der Waals surface area contributed by atoms with Gasteiger partial charge in [0.25, 0.3) is 0 Å². The molecule has 0 radical (unpaired) electrons. The van der Waals surface area contributed by atoms with Crippen LogP contribution in [0.5, 0.6) is 0 Å². The van der Waals surface area contributed by atoms with Gasteiger partial charge in [0.1, 0.15) is 0 Å². The standard InChI is InChI=1S/C13H12N6O/c1-19-8-9(10-4-2-3-5-11(10)19)6-14-17-12-7-15-18-13(20)16-12/h2-8H,1H3,(H2,16,17,18,20)/b14-6+. The van der Waals surface area contributed by atoms with Crippen molar-refractivity contribution in [3.05, 3.63) is 52.7 Å². The molecule has 0 aliphatic carbocycles. The zero-order valence-corrected chi connectivity index (χ0v) is 10.7. The summed E-state index contributed by atoms with van der Waals surface area (Å²) in [5.74, 6) is 0.297. The van der Waals surface area contributed by atoms with Crippen LogP contribution in [0.25, 0.3) is 10.9 Å². The molecule has 0 fully saturated rings. The number of anilines is 1. The summed E-state index contributed by atoms with van der Waals surface area (Å²) in [5, 5.41) is 11.0. The maximum absolute atomic E-state index is 11.0. The molecule has 0 spiro atoms. The number of fused-ring (bicyclic) bond motifs is 1. The van der Waals surface area contributed by atoms with Crippen LogP contribution in [0.15, 0.2) is 46.6 Å². The quantitative estimate of drug-likeness (QED) is 0.550. The van der Waals surface area contributed by atoms with E-state index in [-0.39, 0.29) is 0 Å². The van der Waals surface area contributed by atoms with Gasteiger partial charge in [-0.2, -0.15) is 15.2 Å². The first-order valence-electron chi connectivity index (χ1n) is 5.99. The van der Waals surface area contributed by atoms with E-state index in [9.17, 15) is 4.79 Å². The average Bonchev–Trinajstić information content (AvgIpc) is 2.77. The minimum atomic E-state index is -0.518. The van der Waals surface area contributed by atoms with Gasteiger partial charge in [0.05, 0.1) is 12.4 Å². The number of aromatic amines is 1. The Kier molecular flexibility index (Phi) is 3.00. The van der Waals surface area contributed by atoms with Crippen LogP contribution in [0.4, 0.5) is 5.82 Å². The summed E-state index contributed by atoms with van der Waals surface area (Å²) in [6.07, 6.45) is 5.06. The molecular weight excluding hydrogens is 256 g/mol. The Labute approximate surface area is 114 Å². The van der Waals surface area contributed by atoms with E-state index in [0.717, 1.165) is 16.5 Å². The SMILES string of the molecule is Cn1cc(/C=N/Nc2cn[nH]c(=O)n2)c2ccccc21. The van der Waals surface area contributed by atoms with Gasteiger partial charge in [-0.05, 0) is 6.07 Å². The Hall–Kier alpha value is -2.96. The van der Waals surface area contributed by atoms with Crippen LogP contribution in [-0.2, 0) is 7.05 Å². The molecule has 2 aromatic heterocycles. The number of benzene rings is 1. The van der Waals surface area contributed by atoms with Crippen LogP contribution in [0.3, 0.4) is 0 Å². The number of aryl methyl sites for hydroxylation is 1. The Morgan fingerprint density at radius 1 is 1.40 bits per heavy atom. The highest BCUT2D eigenvalue weighted by molar-refractivity contribution is 5.99. The van der Waals surface area contributed by atoms with Gasteiger partial charge in [-0.25, -0.2) is 9.89 Å². The van der Waals surface area contributed by atoms with Crippen molar-refractivity contribution in [3.63, 3.8) is 0 Å². The van der Waals surface area contributed by atoms with Crippen LogP contribution < -0.4 is 11.1 Å². The minimum absolute atomic E-state index is 0.297. The first-order valence-corrected chi connectivity index (χ1v) is 5.99. The number of aromatic nitrogens is 4. The van der Waals surface area contributed by atoms with E-state index in [0.29, 0.717) is 5.82 Å². The van der Waals surface area contributed by atoms with Crippen molar-refractivity contribution in [2.45, 2.75) is 0 Å². The smallest absolute Gasteiger partial charge is 0.350 e. The lowest BCUT2D eigenvalue weighted by Gasteiger charge is -1.95. The Bertz CT molecular complexity index is 832. The van der Waals surface area contributed by atoms with Gasteiger partial charge < -0.3 is 4.57 Å². The highest BCUT2D eigenvalue weighted by Crippen LogP contribution is 2.18. The highest BCUT2D eigenvalue weighted by atomic mass is 16.1. The lowest BCUT2D eigenvalue weighted by atomic mass is 10.2. The minimum Gasteiger partial charge on any atom is -0.350 e. The van der Waals surface area contributed by atoms with E-state index >= 15 is 0 Å². The molecule has 0 saturated heterocycles. The van der Waals surface area contributed by atoms with E-state index in [2.05, 4.69) is 25.7 Å². The molecule has 0 atom stereocenters. The van der Waals surface area contributed by atoms with Crippen molar-refractivity contribution in [2.75, 3.05) is 5.43 Å². The van der Waals surface area contributed by atoms with Crippen LogP contribution in [0, 0.1) is 0 Å². The number of hydrogen-bond acceptors (Lipinski definition) is 5. The maximum Gasteiger partial charge on any atom is 0.363 e. The summed E-state index contributed by atoms with van der Waals surface area (Å²) < 4.78 is 2.03. The predicted octanol–water partition coefficient (Wildman–Crippen LogP) is 1.10. The second-order valence-corrected chi connectivity index (χ2v) is 4.25. The molecule has 0 aliphatic rings. The van der Waals surface area contributed by atoms with Crippen LogP contribution in [-0.4, -0.2) is 26.0 Å². The maximum atomic E-state index is 11.0. The van der Waals surface area contributed by atoms with Crippen molar-refractivity contribution in [3.8, 4) is 0 Å². The highest BCUT2D eigenvalue weighted by Gasteiger charge is 2.03. The molecule has 20 heavy (non-hydrogen) atoms. The van der Waals surface area contributed by atoms with E-state index in [1.807, 2.05) is 42.1 Å². The topological polar surface area (TPSA) is 88.0 Å². The fourth-order valence-electron chi connectivity index (χ4n) is 2.01. The Morgan fingerprint density at radius 3 is 3.10 bits per heavy atom. The zero-order chi connectivity index (χ0) is 13.9. The molecule has 0 amide bonds. The van der Waals surface area contributed by atoms with Crippen molar-refractivity contribution in [2.24, 2.45) is 12.1 Å². The molecule has 7 heteroatoms. The number of rotatable bonds is 3. The molecule has 0 aliphatic heterocycles. The number of nitrogens with one attached hydrogen (secondary N) is 2. The van der Waals surface area contributed by atoms with Gasteiger partial charge in [-0.3, -0.25) is 5.43 Å². The number of hydrogen-bond donors (Lipinski definition) is 2. The third kappa shape index (κ3) is 2.28. The number of nitrogens with zero attached hydrogens (tertiary/aromatic N) is 4. The normalized spacial score (nSPS) is 11.2. The largest absolute Gasteiger partial charge is 0.363 e. The molecule has 7 nitrogen and oxygen atoms in total. The zero-order valence-electron chi connectivity index (χ0n) is 10.7. The first-order chi connectivity index (χ1) is 9.74. The lowest BCUT2D eigenvalue weighted by molar-refractivity contribution is 0.913. The Balaban J connectivity index is 1.86. The number of para-hydroxylation sites is 1. The molecule has 2 heterocycles. The van der Waals surface area contributed by atoms with E-state index in [1.54, 1.807) is 6.21 Å². The predicted molar refractivity (Wildman–Crippen MR) is 76.8 cm³/mol. The fourth-order valence-corrected chi connectivity index (χ4v) is 2.01. The van der Waals surface area contributed by atoms with Crippen LogP contribution in [0.1, 0.15) is 5.56 Å². The summed E-state index contributed by atoms with van der Waals surface area (Å²) in [6, 6.07) is 8.05. The van der Waals surface area contributed by atoms with Gasteiger partial charge in [-0.1, -0.05) is 18.2 Å². The first kappa shape index (κ1) is 12.1. The molecule has 0 saturated carbocycles. The summed E-state index contributed by atoms with van der Waals surface area (Å²) in [7, 11) is 1.98. The van der Waals surface area contributed by atoms with Crippen molar-refractivity contribution < 1.29 is 0 Å². The summed E-state index contributed by atoms with van der Waals surface area (Å²) in [5.41, 5.74) is 4.27. The molecule has 3 aromatic rings. The van der Waals surface area contributed by atoms with Crippen LogP contribution in [0.2, 0.25) is 0 Å². The molecule has 0 unspecified atom stereocenters. The fraction of sp³-hybridized carbons (Fsp3) is 0.0769. The van der Waals surface area contributed by atoms with Gasteiger partial charge in [0.15, 0.2) is 5.82 Å². The average molecular weight is 268 g/mol. The summed E-state index contributed by atoms with van der Waals surface area (Å²) in [6.45, 7) is 0. The summed E-state index contributed by atoms with van der Waals surface area (Å²) in [4.78, 5) is 14.6. The van der Waals surface area contributed by atoms with E-state index < -0.39 is 5.69 Å². The lowest BCUT2D eigenvalue weighted by Crippen LogP contribution is -2.13. The van der Waals surface area contributed by atoms with Crippen molar-refractivity contribution >= 4 is 22.9 Å². The van der Waals surface area contributed by atoms with Crippen molar-refractivity contribution in [1.82, 2.24) is 19.7 Å². The second-order valence-electron chi connectivity index (χ2n) is 4.25. The molecule has 100 valence electrons. The number of H-pyrrole nitrogens is 1. The third-order valence-electron chi connectivity index (χ3n) is 2.88. The molecule has 3 rings (SSSR count). The van der Waals surface area contributed by atoms with Gasteiger partial charge in [0, 0.05) is 29.7 Å². The van der Waals surface area contributed by atoms with E-state index in [1.165, 1.54) is 6.20 Å². The van der Waals surface area contributed by atoms with Gasteiger partial charge in [-0.15, -0.1) is 0 Å². The van der Waals surface area contributed by atoms with Crippen LogP contribution >= 0.6 is 0 Å². The molecular formula is C13H12N6O. The van der Waals surface area contributed by atoms with E-state index in [4.69, 9.17) is 0 Å². The molecule has 0 bridgehead atoms. The summed E-state index contributed by atoms with van der Waals surface area (Å²) >= 11 is 0. The van der Waals surface area contributed by atoms with Gasteiger partial charge in [0.2, 0.25) is 0 Å². The Morgan fingerprint density at radius 2 is 2.25 bits per heavy atom. The second kappa shape index (κ2) is 4.96. The monoisotopic (exact) mass is 268 g/mol. The van der Waals surface area contributed by atoms with Crippen molar-refractivity contribution in [1.29, 1.82) is 0 Å². The molecule has 1 aromatic carbocycles. The number of hydrazone groups is 1.